The standard InChI is InChI=1S/C26H26F3N3O3/c1-15(2)24-19(28)10-17(11-20(24)29)25(16-6-4-3-5-7-16)31-26(34)21-12-18(27)14-32(21)23(33)13-22-30-8-9-35-22/h3-11,15,18,21,25H,12-14H2,1-2H3,(H,31,34)/t18-,21+,25?/m1/s1. The van der Waals surface area contributed by atoms with Crippen molar-refractivity contribution in [2.75, 3.05) is 6.54 Å². The second-order valence-electron chi connectivity index (χ2n) is 8.90. The fraction of sp³-hybridized carbons (Fsp3) is 0.346. The monoisotopic (exact) mass is 485 g/mol. The third-order valence-electron chi connectivity index (χ3n) is 6.09. The quantitative estimate of drug-likeness (QED) is 0.536. The summed E-state index contributed by atoms with van der Waals surface area (Å²) in [5, 5.41) is 2.79. The Balaban J connectivity index is 1.62. The molecule has 9 heteroatoms. The smallest absolute Gasteiger partial charge is 0.243 e. The number of nitrogens with one attached hydrogen (secondary N) is 1. The van der Waals surface area contributed by atoms with E-state index >= 15 is 0 Å². The number of benzene rings is 2. The zero-order valence-electron chi connectivity index (χ0n) is 19.4. The van der Waals surface area contributed by atoms with Crippen molar-refractivity contribution in [3.05, 3.63) is 89.1 Å². The molecule has 184 valence electrons. The fourth-order valence-electron chi connectivity index (χ4n) is 4.45. The highest BCUT2D eigenvalue weighted by Crippen LogP contribution is 2.30. The van der Waals surface area contributed by atoms with Crippen molar-refractivity contribution in [3.63, 3.8) is 0 Å². The van der Waals surface area contributed by atoms with Crippen LogP contribution in [-0.4, -0.2) is 40.5 Å². The molecule has 3 aromatic rings. The number of aromatic nitrogens is 1. The van der Waals surface area contributed by atoms with Gasteiger partial charge in [0.1, 0.15) is 36.5 Å². The lowest BCUT2D eigenvalue weighted by Crippen LogP contribution is -2.47. The fourth-order valence-corrected chi connectivity index (χ4v) is 4.45. The summed E-state index contributed by atoms with van der Waals surface area (Å²) in [5.74, 6) is -2.74. The number of hydrogen-bond acceptors (Lipinski definition) is 4. The summed E-state index contributed by atoms with van der Waals surface area (Å²) < 4.78 is 49.0. The van der Waals surface area contributed by atoms with Crippen LogP contribution in [0.4, 0.5) is 13.2 Å². The highest BCUT2D eigenvalue weighted by molar-refractivity contribution is 5.89. The first-order valence-electron chi connectivity index (χ1n) is 11.4. The molecule has 0 radical (unpaired) electrons. The van der Waals surface area contributed by atoms with Crippen LogP contribution in [0.25, 0.3) is 0 Å². The number of carbonyl (C=O) groups is 2. The highest BCUT2D eigenvalue weighted by Gasteiger charge is 2.40. The third-order valence-corrected chi connectivity index (χ3v) is 6.09. The van der Waals surface area contributed by atoms with E-state index in [1.54, 1.807) is 44.2 Å². The summed E-state index contributed by atoms with van der Waals surface area (Å²) in [6.45, 7) is 3.14. The number of amides is 2. The third kappa shape index (κ3) is 5.39. The van der Waals surface area contributed by atoms with Gasteiger partial charge in [-0.05, 0) is 29.2 Å². The van der Waals surface area contributed by atoms with E-state index in [4.69, 9.17) is 4.42 Å². The lowest BCUT2D eigenvalue weighted by Gasteiger charge is -2.27. The summed E-state index contributed by atoms with van der Waals surface area (Å²) >= 11 is 0. The molecular formula is C26H26F3N3O3. The maximum atomic E-state index is 14.8. The maximum Gasteiger partial charge on any atom is 0.243 e. The average molecular weight is 486 g/mol. The topological polar surface area (TPSA) is 75.4 Å². The van der Waals surface area contributed by atoms with Gasteiger partial charge in [0.05, 0.1) is 18.8 Å². The molecule has 1 aliphatic heterocycles. The summed E-state index contributed by atoms with van der Waals surface area (Å²) in [4.78, 5) is 31.1. The van der Waals surface area contributed by atoms with E-state index in [9.17, 15) is 22.8 Å². The van der Waals surface area contributed by atoms with Crippen molar-refractivity contribution in [3.8, 4) is 0 Å². The van der Waals surface area contributed by atoms with Crippen molar-refractivity contribution >= 4 is 11.8 Å². The van der Waals surface area contributed by atoms with Crippen LogP contribution in [0.3, 0.4) is 0 Å². The van der Waals surface area contributed by atoms with Crippen LogP contribution in [0, 0.1) is 11.6 Å². The Bertz CT molecular complexity index is 1160. The lowest BCUT2D eigenvalue weighted by atomic mass is 9.93. The molecule has 0 spiro atoms. The summed E-state index contributed by atoms with van der Waals surface area (Å²) in [6.07, 6.45) is 0.942. The Kier molecular flexibility index (Phi) is 7.23. The van der Waals surface area contributed by atoms with E-state index in [1.807, 2.05) is 0 Å². The van der Waals surface area contributed by atoms with Crippen molar-refractivity contribution in [2.24, 2.45) is 0 Å². The van der Waals surface area contributed by atoms with Gasteiger partial charge in [0.25, 0.3) is 0 Å². The molecule has 1 unspecified atom stereocenters. The van der Waals surface area contributed by atoms with E-state index in [0.717, 1.165) is 4.90 Å². The number of alkyl halides is 1. The van der Waals surface area contributed by atoms with Gasteiger partial charge in [-0.3, -0.25) is 9.59 Å². The SMILES string of the molecule is CC(C)c1c(F)cc(C(NC(=O)[C@@H]2C[C@@H](F)CN2C(=O)Cc2ncco2)c2ccccc2)cc1F. The van der Waals surface area contributed by atoms with Gasteiger partial charge < -0.3 is 14.6 Å². The molecule has 0 bridgehead atoms. The highest BCUT2D eigenvalue weighted by atomic mass is 19.1. The Morgan fingerprint density at radius 2 is 1.83 bits per heavy atom. The number of oxazole rings is 1. The van der Waals surface area contributed by atoms with Crippen molar-refractivity contribution in [1.29, 1.82) is 0 Å². The van der Waals surface area contributed by atoms with Crippen LogP contribution in [-0.2, 0) is 16.0 Å². The molecular weight excluding hydrogens is 459 g/mol. The molecule has 0 aliphatic carbocycles. The predicted molar refractivity (Wildman–Crippen MR) is 122 cm³/mol. The second-order valence-corrected chi connectivity index (χ2v) is 8.90. The van der Waals surface area contributed by atoms with Gasteiger partial charge >= 0.3 is 0 Å². The molecule has 3 atom stereocenters. The number of rotatable bonds is 7. The zero-order chi connectivity index (χ0) is 25.1. The molecule has 1 N–H and O–H groups in total. The molecule has 35 heavy (non-hydrogen) atoms. The van der Waals surface area contributed by atoms with Crippen molar-refractivity contribution in [2.45, 2.75) is 50.9 Å². The van der Waals surface area contributed by atoms with Gasteiger partial charge in [-0.1, -0.05) is 44.2 Å². The molecule has 1 aliphatic rings. The normalized spacial score (nSPS) is 18.6. The van der Waals surface area contributed by atoms with E-state index in [1.165, 1.54) is 24.6 Å². The molecule has 1 saturated heterocycles. The predicted octanol–water partition coefficient (Wildman–Crippen LogP) is 4.46. The minimum atomic E-state index is -1.38. The molecule has 2 heterocycles. The van der Waals surface area contributed by atoms with E-state index in [-0.39, 0.29) is 42.3 Å². The Morgan fingerprint density at radius 3 is 2.43 bits per heavy atom. The molecule has 2 amide bonds. The maximum absolute atomic E-state index is 14.8. The number of carbonyl (C=O) groups excluding carboxylic acids is 2. The molecule has 0 saturated carbocycles. The van der Waals surface area contributed by atoms with Gasteiger partial charge in [0, 0.05) is 12.0 Å². The molecule has 6 nitrogen and oxygen atoms in total. The van der Waals surface area contributed by atoms with Crippen LogP contribution in [0.2, 0.25) is 0 Å². The number of nitrogens with zero attached hydrogens (tertiary/aromatic N) is 2. The summed E-state index contributed by atoms with van der Waals surface area (Å²) in [5.41, 5.74) is 0.757. The minimum Gasteiger partial charge on any atom is -0.448 e. The first kappa shape index (κ1) is 24.5. The van der Waals surface area contributed by atoms with Crippen molar-refractivity contribution < 1.29 is 27.2 Å². The zero-order valence-corrected chi connectivity index (χ0v) is 19.4. The number of hydrogen-bond donors (Lipinski definition) is 1. The first-order valence-corrected chi connectivity index (χ1v) is 11.4. The molecule has 1 aromatic heterocycles. The van der Waals surface area contributed by atoms with E-state index in [0.29, 0.717) is 5.56 Å². The van der Waals surface area contributed by atoms with Crippen LogP contribution in [0.15, 0.2) is 59.3 Å². The van der Waals surface area contributed by atoms with Crippen molar-refractivity contribution in [1.82, 2.24) is 15.2 Å². The van der Waals surface area contributed by atoms with Crippen LogP contribution in [0.1, 0.15) is 54.8 Å². The van der Waals surface area contributed by atoms with Gasteiger partial charge in [-0.25, -0.2) is 18.2 Å². The Morgan fingerprint density at radius 1 is 1.14 bits per heavy atom. The summed E-state index contributed by atoms with van der Waals surface area (Å²) in [7, 11) is 0. The van der Waals surface area contributed by atoms with Gasteiger partial charge in [-0.15, -0.1) is 0 Å². The largest absolute Gasteiger partial charge is 0.448 e. The first-order chi connectivity index (χ1) is 16.7. The Hall–Kier alpha value is -3.62. The number of likely N-dealkylation sites (tertiary alicyclic amines) is 1. The lowest BCUT2D eigenvalue weighted by molar-refractivity contribution is -0.138. The molecule has 1 fully saturated rings. The van der Waals surface area contributed by atoms with Crippen LogP contribution in [0.5, 0.6) is 0 Å². The minimum absolute atomic E-state index is 0.0359. The van der Waals surface area contributed by atoms with E-state index < -0.39 is 41.7 Å². The van der Waals surface area contributed by atoms with Crippen LogP contribution < -0.4 is 5.32 Å². The molecule has 2 aromatic carbocycles. The van der Waals surface area contributed by atoms with Gasteiger partial charge in [0.2, 0.25) is 17.7 Å². The Labute approximate surface area is 201 Å². The average Bonchev–Trinajstić information content (AvgIpc) is 3.46. The second kappa shape index (κ2) is 10.3. The van der Waals surface area contributed by atoms with E-state index in [2.05, 4.69) is 10.3 Å². The molecule has 4 rings (SSSR count). The van der Waals surface area contributed by atoms with Gasteiger partial charge in [-0.2, -0.15) is 0 Å². The summed E-state index contributed by atoms with van der Waals surface area (Å²) in [6, 6.07) is 9.11. The van der Waals surface area contributed by atoms with Crippen LogP contribution >= 0.6 is 0 Å². The van der Waals surface area contributed by atoms with Gasteiger partial charge in [0.15, 0.2) is 0 Å². The number of halogens is 3.